The van der Waals surface area contributed by atoms with E-state index in [4.69, 9.17) is 0 Å². The van der Waals surface area contributed by atoms with Gasteiger partial charge in [-0.05, 0) is 67.6 Å². The molecular weight excluding hydrogens is 548 g/mol. The van der Waals surface area contributed by atoms with Crippen LogP contribution in [-0.4, -0.2) is 51.4 Å². The number of rotatable bonds is 7. The summed E-state index contributed by atoms with van der Waals surface area (Å²) in [5.74, 6) is -0.419. The second-order valence-corrected chi connectivity index (χ2v) is 10.5. The Kier molecular flexibility index (Phi) is 12.9. The second-order valence-electron chi connectivity index (χ2n) is 10.5. The fourth-order valence-electron chi connectivity index (χ4n) is 5.31. The Morgan fingerprint density at radius 3 is 2.42 bits per heavy atom. The van der Waals surface area contributed by atoms with E-state index in [-0.39, 0.29) is 29.8 Å². The molecule has 5 rings (SSSR count). The molecule has 3 heterocycles. The summed E-state index contributed by atoms with van der Waals surface area (Å²) in [5, 5.41) is 6.36. The third kappa shape index (κ3) is 9.51. The van der Waals surface area contributed by atoms with Crippen LogP contribution in [0.5, 0.6) is 0 Å². The molecule has 2 aromatic heterocycles. The van der Waals surface area contributed by atoms with Crippen molar-refractivity contribution in [2.24, 2.45) is 0 Å². The molecule has 1 atom stereocenters. The first-order valence-corrected chi connectivity index (χ1v) is 15.1. The van der Waals surface area contributed by atoms with Crippen LogP contribution in [0.15, 0.2) is 67.0 Å². The molecule has 2 aliphatic rings. The van der Waals surface area contributed by atoms with Crippen LogP contribution in [0.1, 0.15) is 70.2 Å². The summed E-state index contributed by atoms with van der Waals surface area (Å²) in [4.78, 5) is 36.4. The lowest BCUT2D eigenvalue weighted by Crippen LogP contribution is -2.66. The Bertz CT molecular complexity index is 1340. The van der Waals surface area contributed by atoms with E-state index in [1.54, 1.807) is 12.3 Å². The number of amides is 2. The maximum atomic E-state index is 13.2. The van der Waals surface area contributed by atoms with Crippen LogP contribution >= 0.6 is 0 Å². The Labute approximate surface area is 253 Å². The highest BCUT2D eigenvalue weighted by atomic mass is 19.1. The van der Waals surface area contributed by atoms with Gasteiger partial charge in [0.15, 0.2) is 0 Å². The van der Waals surface area contributed by atoms with Crippen LogP contribution in [0.2, 0.25) is 0 Å². The molecule has 1 aliphatic carbocycles. The normalized spacial score (nSPS) is 17.2. The lowest BCUT2D eigenvalue weighted by molar-refractivity contribution is -0.143. The summed E-state index contributed by atoms with van der Waals surface area (Å²) in [7, 11) is 0. The van der Waals surface area contributed by atoms with Gasteiger partial charge in [0, 0.05) is 43.3 Å². The molecule has 1 saturated heterocycles. The molecule has 2 fully saturated rings. The molecule has 1 saturated carbocycles. The quantitative estimate of drug-likeness (QED) is 0.334. The summed E-state index contributed by atoms with van der Waals surface area (Å²) in [5.41, 5.74) is 2.40. The number of aromatic nitrogens is 2. The average Bonchev–Trinajstić information content (AvgIpc) is 3.49. The zero-order chi connectivity index (χ0) is 31.2. The second kappa shape index (κ2) is 16.6. The third-order valence-corrected chi connectivity index (χ3v) is 7.49. The average molecular weight is 592 g/mol. The monoisotopic (exact) mass is 591 g/mol. The number of nitrogens with one attached hydrogen (secondary N) is 2. The van der Waals surface area contributed by atoms with Crippen molar-refractivity contribution >= 4 is 23.7 Å². The van der Waals surface area contributed by atoms with Crippen LogP contribution in [0, 0.1) is 11.6 Å². The number of carbonyl (C=O) groups is 2. The van der Waals surface area contributed by atoms with Gasteiger partial charge < -0.3 is 15.5 Å². The van der Waals surface area contributed by atoms with Crippen molar-refractivity contribution in [1.82, 2.24) is 20.2 Å². The van der Waals surface area contributed by atoms with Crippen LogP contribution in [0.3, 0.4) is 0 Å². The molecule has 1 aliphatic heterocycles. The van der Waals surface area contributed by atoms with Crippen LogP contribution in [0.4, 0.5) is 14.6 Å². The van der Waals surface area contributed by atoms with Crippen LogP contribution in [-0.2, 0) is 22.4 Å². The van der Waals surface area contributed by atoms with Crippen molar-refractivity contribution in [3.63, 3.8) is 0 Å². The van der Waals surface area contributed by atoms with Crippen LogP contribution in [0.25, 0.3) is 6.08 Å². The van der Waals surface area contributed by atoms with Crippen molar-refractivity contribution < 1.29 is 18.4 Å². The van der Waals surface area contributed by atoms with Crippen molar-refractivity contribution in [3.8, 4) is 0 Å². The molecule has 230 valence electrons. The standard InChI is InChI=1S/C26H33N5O2.C6H4F2.C2H6/c1-3-22-21(16-24(32)30-23-10-4-7-13-27-23)15-20(18-28-22)9-8-14-31-19(2)17-29-26(25(31)33)11-5-6-12-26;7-5-2-1-3-6(8)4-5;1-2/h4,7-10,13,15,18-19,29H,3,5-6,11-12,14,16-17H2,1-2H3,(H,27,30,32);1-4H;1-2H3/b9-8+;;. The molecule has 2 amide bonds. The van der Waals surface area contributed by atoms with Gasteiger partial charge in [0.25, 0.3) is 0 Å². The minimum Gasteiger partial charge on any atom is -0.333 e. The first-order chi connectivity index (χ1) is 20.8. The van der Waals surface area contributed by atoms with E-state index in [0.29, 0.717) is 12.4 Å². The SMILES string of the molecule is CC.CCc1ncc(/C=C/CN2C(=O)C3(CCCC3)NCC2C)cc1CC(=O)Nc1ccccn1.Fc1cccc(F)c1. The zero-order valence-corrected chi connectivity index (χ0v) is 25.6. The highest BCUT2D eigenvalue weighted by molar-refractivity contribution is 5.91. The number of hydrogen-bond donors (Lipinski definition) is 2. The minimum absolute atomic E-state index is 0.117. The predicted octanol–water partition coefficient (Wildman–Crippen LogP) is 6.36. The number of piperazine rings is 1. The van der Waals surface area contributed by atoms with Crippen molar-refractivity contribution in [3.05, 3.63) is 95.5 Å². The molecular formula is C34H43F2N5O2. The molecule has 9 heteroatoms. The number of carbonyl (C=O) groups excluding carboxylic acids is 2. The summed E-state index contributed by atoms with van der Waals surface area (Å²) in [6, 6.07) is 12.2. The van der Waals surface area contributed by atoms with E-state index >= 15 is 0 Å². The molecule has 1 aromatic carbocycles. The fourth-order valence-corrected chi connectivity index (χ4v) is 5.31. The highest BCUT2D eigenvalue weighted by Gasteiger charge is 2.47. The van der Waals surface area contributed by atoms with Gasteiger partial charge >= 0.3 is 0 Å². The topological polar surface area (TPSA) is 87.2 Å². The van der Waals surface area contributed by atoms with Crippen LogP contribution < -0.4 is 10.6 Å². The van der Waals surface area contributed by atoms with Gasteiger partial charge in [-0.25, -0.2) is 13.8 Å². The number of hydrogen-bond acceptors (Lipinski definition) is 5. The molecule has 0 radical (unpaired) electrons. The Morgan fingerprint density at radius 1 is 1.09 bits per heavy atom. The third-order valence-electron chi connectivity index (χ3n) is 7.49. The van der Waals surface area contributed by atoms with E-state index in [0.717, 1.165) is 61.5 Å². The minimum atomic E-state index is -0.537. The molecule has 2 N–H and O–H groups in total. The van der Waals surface area contributed by atoms with Gasteiger partial charge in [0.1, 0.15) is 17.5 Å². The van der Waals surface area contributed by atoms with Gasteiger partial charge in [-0.15, -0.1) is 0 Å². The number of halogens is 2. The summed E-state index contributed by atoms with van der Waals surface area (Å²) in [6.07, 6.45) is 12.6. The molecule has 7 nitrogen and oxygen atoms in total. The van der Waals surface area contributed by atoms with E-state index in [9.17, 15) is 18.4 Å². The van der Waals surface area contributed by atoms with Gasteiger partial charge in [0.05, 0.1) is 12.0 Å². The molecule has 1 unspecified atom stereocenters. The predicted molar refractivity (Wildman–Crippen MR) is 167 cm³/mol. The first kappa shape index (κ1) is 33.5. The lowest BCUT2D eigenvalue weighted by Gasteiger charge is -2.44. The highest BCUT2D eigenvalue weighted by Crippen LogP contribution is 2.34. The summed E-state index contributed by atoms with van der Waals surface area (Å²) in [6.45, 7) is 9.54. The van der Waals surface area contributed by atoms with Crippen molar-refractivity contribution in [2.75, 3.05) is 18.4 Å². The molecule has 43 heavy (non-hydrogen) atoms. The number of nitrogens with zero attached hydrogens (tertiary/aromatic N) is 3. The number of anilines is 1. The molecule has 1 spiro atoms. The lowest BCUT2D eigenvalue weighted by atomic mass is 9.91. The number of aryl methyl sites for hydroxylation is 1. The van der Waals surface area contributed by atoms with E-state index in [1.807, 2.05) is 62.2 Å². The van der Waals surface area contributed by atoms with Gasteiger partial charge in [-0.1, -0.05) is 57.9 Å². The zero-order valence-electron chi connectivity index (χ0n) is 25.6. The summed E-state index contributed by atoms with van der Waals surface area (Å²) < 4.78 is 23.9. The van der Waals surface area contributed by atoms with Gasteiger partial charge in [0.2, 0.25) is 11.8 Å². The van der Waals surface area contributed by atoms with Gasteiger partial charge in [-0.3, -0.25) is 14.6 Å². The van der Waals surface area contributed by atoms with Crippen molar-refractivity contribution in [2.45, 2.75) is 77.8 Å². The summed E-state index contributed by atoms with van der Waals surface area (Å²) >= 11 is 0. The Hall–Kier alpha value is -3.98. The van der Waals surface area contributed by atoms with Gasteiger partial charge in [-0.2, -0.15) is 0 Å². The number of benzene rings is 1. The molecule has 0 bridgehead atoms. The van der Waals surface area contributed by atoms with Crippen molar-refractivity contribution in [1.29, 1.82) is 0 Å². The largest absolute Gasteiger partial charge is 0.333 e. The smallest absolute Gasteiger partial charge is 0.243 e. The number of pyridine rings is 2. The first-order valence-electron chi connectivity index (χ1n) is 15.1. The fraction of sp³-hybridized carbons (Fsp3) is 0.412. The molecule has 3 aromatic rings. The van der Waals surface area contributed by atoms with E-state index in [1.165, 1.54) is 18.2 Å². The van der Waals surface area contributed by atoms with E-state index in [2.05, 4.69) is 27.5 Å². The Morgan fingerprint density at radius 2 is 1.81 bits per heavy atom. The maximum absolute atomic E-state index is 13.2. The Balaban J connectivity index is 0.000000433. The maximum Gasteiger partial charge on any atom is 0.243 e. The van der Waals surface area contributed by atoms with E-state index < -0.39 is 11.6 Å².